The quantitative estimate of drug-likeness (QED) is 0.0755. The van der Waals surface area contributed by atoms with Crippen molar-refractivity contribution < 1.29 is 48.1 Å². The number of amides is 4. The predicted octanol–water partition coefficient (Wildman–Crippen LogP) is 6.41. The third-order valence-corrected chi connectivity index (χ3v) is 10.7. The van der Waals surface area contributed by atoms with Gasteiger partial charge in [-0.3, -0.25) is 14.5 Å². The second-order valence-electron chi connectivity index (χ2n) is 14.9. The molecule has 0 bridgehead atoms. The van der Waals surface area contributed by atoms with Crippen molar-refractivity contribution in [2.24, 2.45) is 0 Å². The van der Waals surface area contributed by atoms with E-state index in [0.29, 0.717) is 55.6 Å². The van der Waals surface area contributed by atoms with E-state index >= 15 is 0 Å². The fourth-order valence-corrected chi connectivity index (χ4v) is 7.30. The summed E-state index contributed by atoms with van der Waals surface area (Å²) in [5.74, 6) is -3.38. The average molecular weight is 840 g/mol. The topological polar surface area (TPSA) is 184 Å². The number of esters is 2. The minimum atomic E-state index is -1.38. The number of methoxy groups -OCH3 is 2. The Morgan fingerprint density at radius 1 is 0.836 bits per heavy atom. The molecule has 2 unspecified atom stereocenters. The van der Waals surface area contributed by atoms with Crippen molar-refractivity contribution in [1.29, 1.82) is 0 Å². The molecule has 0 saturated heterocycles. The smallest absolute Gasteiger partial charge is 0.343 e. The third-order valence-electron chi connectivity index (χ3n) is 10.7. The van der Waals surface area contributed by atoms with E-state index in [2.05, 4.69) is 22.3 Å². The van der Waals surface area contributed by atoms with Crippen LogP contribution in [0.2, 0.25) is 0 Å². The maximum Gasteiger partial charge on any atom is 0.343 e. The molecule has 1 aliphatic heterocycles. The molecule has 4 amide bonds. The molecule has 1 aliphatic rings. The molecule has 2 atom stereocenters. The first-order valence-electron chi connectivity index (χ1n) is 21.1. The summed E-state index contributed by atoms with van der Waals surface area (Å²) in [6, 6.07) is 19.3. The van der Waals surface area contributed by atoms with Gasteiger partial charge in [-0.25, -0.2) is 14.4 Å². The van der Waals surface area contributed by atoms with Gasteiger partial charge in [0, 0.05) is 37.3 Å². The summed E-state index contributed by atoms with van der Waals surface area (Å²) in [4.78, 5) is 81.8. The summed E-state index contributed by atoms with van der Waals surface area (Å²) in [6.07, 6.45) is 6.53. The highest BCUT2D eigenvalue weighted by Crippen LogP contribution is 2.33. The molecule has 0 fully saturated rings. The Morgan fingerprint density at radius 2 is 1.52 bits per heavy atom. The SMILES string of the molecule is CCCCCCN(C(=O)CCCCCN1C(=O)NC(c2ccc(-c3ccccc3)cc2)C(C(=O)[O-])=C1C)C(C(=O)NCCCC)c1ccc(OCC(=O)OC)c(C(=O)OC)c1. The second-order valence-corrected chi connectivity index (χ2v) is 14.9. The van der Waals surface area contributed by atoms with Crippen LogP contribution in [0.1, 0.15) is 119 Å². The highest BCUT2D eigenvalue weighted by atomic mass is 16.6. The number of nitrogens with one attached hydrogen (secondary N) is 2. The lowest BCUT2D eigenvalue weighted by atomic mass is 9.93. The molecule has 14 nitrogen and oxygen atoms in total. The summed E-state index contributed by atoms with van der Waals surface area (Å²) in [7, 11) is 2.42. The van der Waals surface area contributed by atoms with Gasteiger partial charge >= 0.3 is 18.0 Å². The lowest BCUT2D eigenvalue weighted by Gasteiger charge is -2.37. The second kappa shape index (κ2) is 24.2. The molecule has 0 spiro atoms. The molecule has 0 radical (unpaired) electrons. The summed E-state index contributed by atoms with van der Waals surface area (Å²) < 4.78 is 15.2. The van der Waals surface area contributed by atoms with Crippen LogP contribution in [0, 0.1) is 0 Å². The van der Waals surface area contributed by atoms with E-state index in [1.165, 1.54) is 31.3 Å². The molecule has 14 heteroatoms. The number of unbranched alkanes of at least 4 members (excludes halogenated alkanes) is 6. The largest absolute Gasteiger partial charge is 0.545 e. The first kappa shape index (κ1) is 47.5. The zero-order valence-electron chi connectivity index (χ0n) is 36.0. The Balaban J connectivity index is 1.50. The number of benzene rings is 3. The third kappa shape index (κ3) is 13.2. The molecule has 0 aliphatic carbocycles. The zero-order valence-corrected chi connectivity index (χ0v) is 36.0. The predicted molar refractivity (Wildman–Crippen MR) is 228 cm³/mol. The highest BCUT2D eigenvalue weighted by molar-refractivity contribution is 5.95. The van der Waals surface area contributed by atoms with Crippen LogP contribution >= 0.6 is 0 Å². The molecule has 3 aromatic rings. The maximum absolute atomic E-state index is 14.2. The van der Waals surface area contributed by atoms with Crippen LogP contribution in [0.15, 0.2) is 84.1 Å². The number of carbonyl (C=O) groups excluding carboxylic acids is 6. The van der Waals surface area contributed by atoms with Crippen molar-refractivity contribution in [3.63, 3.8) is 0 Å². The minimum Gasteiger partial charge on any atom is -0.545 e. The van der Waals surface area contributed by atoms with Gasteiger partial charge in [-0.2, -0.15) is 0 Å². The molecule has 1 heterocycles. The van der Waals surface area contributed by atoms with Crippen LogP contribution in [0.3, 0.4) is 0 Å². The number of aliphatic carboxylic acids is 1. The molecule has 61 heavy (non-hydrogen) atoms. The van der Waals surface area contributed by atoms with Gasteiger partial charge in [0.25, 0.3) is 0 Å². The first-order valence-corrected chi connectivity index (χ1v) is 21.1. The number of hydrogen-bond acceptors (Lipinski definition) is 10. The van der Waals surface area contributed by atoms with E-state index in [4.69, 9.17) is 9.47 Å². The number of ether oxygens (including phenoxy) is 3. The van der Waals surface area contributed by atoms with Crippen molar-refractivity contribution in [2.45, 2.75) is 97.1 Å². The number of allylic oxidation sites excluding steroid dienone is 1. The van der Waals surface area contributed by atoms with Crippen molar-refractivity contribution in [3.05, 3.63) is 101 Å². The molecule has 4 rings (SSSR count). The number of carbonyl (C=O) groups is 6. The summed E-state index contributed by atoms with van der Waals surface area (Å²) in [6.45, 7) is 6.13. The molecule has 3 aromatic carbocycles. The van der Waals surface area contributed by atoms with Crippen molar-refractivity contribution in [1.82, 2.24) is 20.4 Å². The van der Waals surface area contributed by atoms with Gasteiger partial charge in [-0.05, 0) is 67.0 Å². The van der Waals surface area contributed by atoms with Crippen LogP contribution in [0.25, 0.3) is 11.1 Å². The summed E-state index contributed by atoms with van der Waals surface area (Å²) in [5, 5.41) is 18.3. The Labute approximate surface area is 358 Å². The fraction of sp³-hybridized carbons (Fsp3) is 0.447. The average Bonchev–Trinajstić information content (AvgIpc) is 3.27. The van der Waals surface area contributed by atoms with Crippen LogP contribution in [0.4, 0.5) is 4.79 Å². The molecule has 0 aromatic heterocycles. The zero-order chi connectivity index (χ0) is 44.3. The normalized spacial score (nSPS) is 14.1. The molecule has 0 saturated carbocycles. The van der Waals surface area contributed by atoms with Crippen molar-refractivity contribution >= 4 is 35.8 Å². The van der Waals surface area contributed by atoms with Gasteiger partial charge < -0.3 is 39.6 Å². The Kier molecular flexibility index (Phi) is 18.8. The van der Waals surface area contributed by atoms with Gasteiger partial charge in [-0.15, -0.1) is 0 Å². The van der Waals surface area contributed by atoms with Crippen LogP contribution < -0.4 is 20.5 Å². The van der Waals surface area contributed by atoms with E-state index in [1.54, 1.807) is 30.0 Å². The van der Waals surface area contributed by atoms with E-state index in [9.17, 15) is 33.9 Å². The number of carboxylic acid groups (broad SMARTS) is 1. The fourth-order valence-electron chi connectivity index (χ4n) is 7.30. The number of urea groups is 1. The number of carboxylic acids is 1. The Hall–Kier alpha value is -6.18. The Morgan fingerprint density at radius 3 is 2.18 bits per heavy atom. The number of rotatable bonds is 24. The molecule has 2 N–H and O–H groups in total. The molecule has 328 valence electrons. The minimum absolute atomic E-state index is 0.0196. The molecular formula is C47H59N4O10-. The van der Waals surface area contributed by atoms with Crippen LogP contribution in [-0.2, 0) is 28.7 Å². The van der Waals surface area contributed by atoms with E-state index < -0.39 is 48.5 Å². The summed E-state index contributed by atoms with van der Waals surface area (Å²) in [5.41, 5.74) is 3.20. The van der Waals surface area contributed by atoms with E-state index in [-0.39, 0.29) is 35.8 Å². The van der Waals surface area contributed by atoms with Crippen LogP contribution in [-0.4, -0.2) is 86.0 Å². The molecular weight excluding hydrogens is 781 g/mol. The first-order chi connectivity index (χ1) is 29.4. The van der Waals surface area contributed by atoms with Crippen LogP contribution in [0.5, 0.6) is 5.75 Å². The van der Waals surface area contributed by atoms with Gasteiger partial charge in [0.1, 0.15) is 17.4 Å². The van der Waals surface area contributed by atoms with Gasteiger partial charge in [0.05, 0.1) is 26.2 Å². The lowest BCUT2D eigenvalue weighted by molar-refractivity contribution is -0.300. The number of nitrogens with zero attached hydrogens (tertiary/aromatic N) is 2. The summed E-state index contributed by atoms with van der Waals surface area (Å²) >= 11 is 0. The standard InChI is InChI=1S/C47H60N4O10/c1-6-8-10-16-29-51(43(44(54)48-27-9-7-2)36-25-26-38(61-31-40(53)59-4)37(30-36)46(57)60-5)39(52)20-15-12-17-28-50-32(3)41(45(55)56)42(49-47(50)58)35-23-21-34(22-24-35)33-18-13-11-14-19-33/h11,13-14,18-19,21-26,30,42-43H,6-10,12,15-17,20,27-29,31H2,1-5H3,(H,48,54)(H,49,58)(H,55,56)/p-1. The maximum atomic E-state index is 14.2. The highest BCUT2D eigenvalue weighted by Gasteiger charge is 2.34. The Bertz CT molecular complexity index is 2000. The van der Waals surface area contributed by atoms with E-state index in [0.717, 1.165) is 43.2 Å². The van der Waals surface area contributed by atoms with Gasteiger partial charge in [0.15, 0.2) is 6.61 Å². The monoisotopic (exact) mass is 839 g/mol. The van der Waals surface area contributed by atoms with Crippen molar-refractivity contribution in [2.75, 3.05) is 40.5 Å². The van der Waals surface area contributed by atoms with Gasteiger partial charge in [-0.1, -0.05) is 107 Å². The van der Waals surface area contributed by atoms with E-state index in [1.807, 2.05) is 49.4 Å². The lowest BCUT2D eigenvalue weighted by Crippen LogP contribution is -2.49. The number of hydrogen-bond donors (Lipinski definition) is 2. The van der Waals surface area contributed by atoms with Gasteiger partial charge in [0.2, 0.25) is 11.8 Å². The van der Waals surface area contributed by atoms with Crippen molar-refractivity contribution in [3.8, 4) is 16.9 Å².